The fraction of sp³-hybridized carbons (Fsp3) is 0.385. The lowest BCUT2D eigenvalue weighted by atomic mass is 10.1. The van der Waals surface area contributed by atoms with Gasteiger partial charge in [-0.05, 0) is 6.07 Å². The molecule has 0 spiro atoms. The van der Waals surface area contributed by atoms with Crippen LogP contribution in [-0.4, -0.2) is 37.6 Å². The fourth-order valence-corrected chi connectivity index (χ4v) is 2.27. The Kier molecular flexibility index (Phi) is 4.06. The lowest BCUT2D eigenvalue weighted by molar-refractivity contribution is -0.384. The normalized spacial score (nSPS) is 17.7. The van der Waals surface area contributed by atoms with E-state index in [1.807, 2.05) is 0 Å². The monoisotopic (exact) mass is 294 g/mol. The second-order valence-corrected chi connectivity index (χ2v) is 4.54. The van der Waals surface area contributed by atoms with Gasteiger partial charge in [-0.25, -0.2) is 0 Å². The van der Waals surface area contributed by atoms with E-state index in [1.165, 1.54) is 37.3 Å². The van der Waals surface area contributed by atoms with Gasteiger partial charge in [-0.15, -0.1) is 0 Å². The standard InChI is InChI=1S/C13H14N2O6/c1-20-11-4-3-9(15(18)19)6-10(11)14-7-8(5-12(14)16)13(17)21-2/h3-4,6,8H,5,7H2,1-2H3/t8-/m1/s1. The molecular formula is C13H14N2O6. The van der Waals surface area contributed by atoms with Crippen molar-refractivity contribution in [1.29, 1.82) is 0 Å². The van der Waals surface area contributed by atoms with E-state index in [9.17, 15) is 19.7 Å². The quantitative estimate of drug-likeness (QED) is 0.469. The number of nitro benzene ring substituents is 1. The molecular weight excluding hydrogens is 280 g/mol. The van der Waals surface area contributed by atoms with Crippen molar-refractivity contribution in [3.8, 4) is 5.75 Å². The van der Waals surface area contributed by atoms with Crippen LogP contribution < -0.4 is 9.64 Å². The number of carbonyl (C=O) groups is 2. The summed E-state index contributed by atoms with van der Waals surface area (Å²) in [5.41, 5.74) is 0.128. The van der Waals surface area contributed by atoms with Crippen molar-refractivity contribution < 1.29 is 24.0 Å². The van der Waals surface area contributed by atoms with Crippen LogP contribution in [0.1, 0.15) is 6.42 Å². The molecule has 1 aliphatic rings. The number of nitro groups is 1. The van der Waals surface area contributed by atoms with Crippen molar-refractivity contribution in [3.63, 3.8) is 0 Å². The first-order chi connectivity index (χ1) is 9.97. The van der Waals surface area contributed by atoms with E-state index in [-0.39, 0.29) is 30.2 Å². The first kappa shape index (κ1) is 14.8. The van der Waals surface area contributed by atoms with Crippen molar-refractivity contribution >= 4 is 23.3 Å². The van der Waals surface area contributed by atoms with Crippen molar-refractivity contribution in [2.75, 3.05) is 25.7 Å². The summed E-state index contributed by atoms with van der Waals surface area (Å²) < 4.78 is 9.76. The maximum absolute atomic E-state index is 12.0. The van der Waals surface area contributed by atoms with Crippen molar-refractivity contribution in [2.24, 2.45) is 5.92 Å². The summed E-state index contributed by atoms with van der Waals surface area (Å²) in [4.78, 5) is 35.2. The average molecular weight is 294 g/mol. The SMILES string of the molecule is COC(=O)[C@@H]1CC(=O)N(c2cc([N+](=O)[O-])ccc2OC)C1. The Labute approximate surface area is 120 Å². The summed E-state index contributed by atoms with van der Waals surface area (Å²) in [5, 5.41) is 10.9. The minimum absolute atomic E-state index is 0.0124. The summed E-state index contributed by atoms with van der Waals surface area (Å²) in [6, 6.07) is 3.98. The number of carbonyl (C=O) groups excluding carboxylic acids is 2. The van der Waals surface area contributed by atoms with Crippen LogP contribution >= 0.6 is 0 Å². The second-order valence-electron chi connectivity index (χ2n) is 4.54. The van der Waals surface area contributed by atoms with Crippen LogP contribution in [-0.2, 0) is 14.3 Å². The summed E-state index contributed by atoms with van der Waals surface area (Å²) in [6.07, 6.45) is 0.0124. The average Bonchev–Trinajstić information content (AvgIpc) is 2.87. The molecule has 21 heavy (non-hydrogen) atoms. The van der Waals surface area contributed by atoms with Gasteiger partial charge in [-0.1, -0.05) is 0 Å². The summed E-state index contributed by atoms with van der Waals surface area (Å²) in [5.74, 6) is -1.02. The van der Waals surface area contributed by atoms with Crippen LogP contribution in [0.4, 0.5) is 11.4 Å². The molecule has 0 bridgehead atoms. The summed E-state index contributed by atoms with van der Waals surface area (Å²) in [7, 11) is 2.66. The topological polar surface area (TPSA) is 99.0 Å². The molecule has 8 heteroatoms. The number of esters is 1. The van der Waals surface area contributed by atoms with Crippen LogP contribution in [0.15, 0.2) is 18.2 Å². The number of nitrogens with zero attached hydrogens (tertiary/aromatic N) is 2. The van der Waals surface area contributed by atoms with Crippen LogP contribution in [0, 0.1) is 16.0 Å². The zero-order chi connectivity index (χ0) is 15.6. The van der Waals surface area contributed by atoms with E-state index < -0.39 is 16.8 Å². The molecule has 8 nitrogen and oxygen atoms in total. The summed E-state index contributed by atoms with van der Waals surface area (Å²) in [6.45, 7) is 0.114. The summed E-state index contributed by atoms with van der Waals surface area (Å²) >= 11 is 0. The van der Waals surface area contributed by atoms with E-state index in [2.05, 4.69) is 4.74 Å². The molecule has 112 valence electrons. The number of hydrogen-bond donors (Lipinski definition) is 0. The molecule has 0 radical (unpaired) electrons. The molecule has 2 rings (SSSR count). The zero-order valence-corrected chi connectivity index (χ0v) is 11.6. The Morgan fingerprint density at radius 1 is 1.43 bits per heavy atom. The van der Waals surface area contributed by atoms with Crippen LogP contribution in [0.3, 0.4) is 0 Å². The molecule has 1 atom stereocenters. The minimum atomic E-state index is -0.577. The highest BCUT2D eigenvalue weighted by Crippen LogP contribution is 2.36. The Balaban J connectivity index is 2.36. The molecule has 1 amide bonds. The first-order valence-electron chi connectivity index (χ1n) is 6.18. The Bertz CT molecular complexity index is 600. The number of ether oxygens (including phenoxy) is 2. The predicted molar refractivity (Wildman–Crippen MR) is 72.1 cm³/mol. The van der Waals surface area contributed by atoms with Crippen molar-refractivity contribution in [1.82, 2.24) is 0 Å². The Morgan fingerprint density at radius 2 is 2.14 bits per heavy atom. The number of anilines is 1. The van der Waals surface area contributed by atoms with Crippen LogP contribution in [0.5, 0.6) is 5.75 Å². The molecule has 1 saturated heterocycles. The number of non-ortho nitro benzene ring substituents is 1. The van der Waals surface area contributed by atoms with Gasteiger partial charge in [0, 0.05) is 25.1 Å². The van der Waals surface area contributed by atoms with Gasteiger partial charge in [0.15, 0.2) is 0 Å². The van der Waals surface area contributed by atoms with Crippen molar-refractivity contribution in [2.45, 2.75) is 6.42 Å². The van der Waals surface area contributed by atoms with E-state index in [0.717, 1.165) is 0 Å². The van der Waals surface area contributed by atoms with Crippen LogP contribution in [0.25, 0.3) is 0 Å². The van der Waals surface area contributed by atoms with Gasteiger partial charge < -0.3 is 14.4 Å². The Morgan fingerprint density at radius 3 is 2.71 bits per heavy atom. The van der Waals surface area contributed by atoms with Gasteiger partial charge in [-0.2, -0.15) is 0 Å². The largest absolute Gasteiger partial charge is 0.495 e. The van der Waals surface area contributed by atoms with E-state index in [1.54, 1.807) is 0 Å². The molecule has 1 fully saturated rings. The van der Waals surface area contributed by atoms with E-state index in [4.69, 9.17) is 4.74 Å². The van der Waals surface area contributed by atoms with Gasteiger partial charge in [0.1, 0.15) is 5.75 Å². The molecule has 0 unspecified atom stereocenters. The first-order valence-corrected chi connectivity index (χ1v) is 6.18. The second kappa shape index (κ2) is 5.78. The number of amides is 1. The molecule has 0 aromatic heterocycles. The Hall–Kier alpha value is -2.64. The number of hydrogen-bond acceptors (Lipinski definition) is 6. The highest BCUT2D eigenvalue weighted by atomic mass is 16.6. The highest BCUT2D eigenvalue weighted by molar-refractivity contribution is 6.00. The van der Waals surface area contributed by atoms with Gasteiger partial charge in [0.25, 0.3) is 5.69 Å². The highest BCUT2D eigenvalue weighted by Gasteiger charge is 2.37. The van der Waals surface area contributed by atoms with Gasteiger partial charge in [0.2, 0.25) is 5.91 Å². The predicted octanol–water partition coefficient (Wildman–Crippen LogP) is 1.13. The lowest BCUT2D eigenvalue weighted by Crippen LogP contribution is -2.26. The fourth-order valence-electron chi connectivity index (χ4n) is 2.27. The molecule has 1 heterocycles. The number of rotatable bonds is 4. The van der Waals surface area contributed by atoms with Crippen LogP contribution in [0.2, 0.25) is 0 Å². The minimum Gasteiger partial charge on any atom is -0.495 e. The molecule has 1 aromatic carbocycles. The zero-order valence-electron chi connectivity index (χ0n) is 11.6. The third-order valence-electron chi connectivity index (χ3n) is 3.32. The smallest absolute Gasteiger partial charge is 0.311 e. The maximum Gasteiger partial charge on any atom is 0.311 e. The van der Waals surface area contributed by atoms with E-state index >= 15 is 0 Å². The van der Waals surface area contributed by atoms with Gasteiger partial charge in [0.05, 0.1) is 30.7 Å². The third kappa shape index (κ3) is 2.78. The maximum atomic E-state index is 12.0. The lowest BCUT2D eigenvalue weighted by Gasteiger charge is -2.19. The number of methoxy groups -OCH3 is 2. The molecule has 0 saturated carbocycles. The van der Waals surface area contributed by atoms with Crippen molar-refractivity contribution in [3.05, 3.63) is 28.3 Å². The molecule has 0 N–H and O–H groups in total. The molecule has 1 aromatic rings. The third-order valence-corrected chi connectivity index (χ3v) is 3.32. The van der Waals surface area contributed by atoms with Gasteiger partial charge in [-0.3, -0.25) is 19.7 Å². The molecule has 0 aliphatic carbocycles. The number of benzene rings is 1. The van der Waals surface area contributed by atoms with E-state index in [0.29, 0.717) is 5.75 Å². The molecule has 1 aliphatic heterocycles. The van der Waals surface area contributed by atoms with Gasteiger partial charge >= 0.3 is 5.97 Å².